The Morgan fingerprint density at radius 1 is 1.10 bits per heavy atom. The summed E-state index contributed by atoms with van der Waals surface area (Å²) in [4.78, 5) is 0. The molecule has 0 bridgehead atoms. The smallest absolute Gasteiger partial charge is 0.306 e. The van der Waals surface area contributed by atoms with Gasteiger partial charge in [0.25, 0.3) is 0 Å². The van der Waals surface area contributed by atoms with E-state index in [-0.39, 0.29) is 6.04 Å². The van der Waals surface area contributed by atoms with Crippen molar-refractivity contribution in [3.05, 3.63) is 70.2 Å². The molecule has 112 valence electrons. The zero-order valence-corrected chi connectivity index (χ0v) is 12.2. The third kappa shape index (κ3) is 4.48. The number of benzene rings is 2. The Kier molecular flexibility index (Phi) is 4.91. The van der Waals surface area contributed by atoms with Gasteiger partial charge in [-0.2, -0.15) is 13.2 Å². The Morgan fingerprint density at radius 3 is 2.48 bits per heavy atom. The summed E-state index contributed by atoms with van der Waals surface area (Å²) >= 11 is 5.92. The van der Waals surface area contributed by atoms with E-state index in [0.717, 1.165) is 17.7 Å². The Hall–Kier alpha value is -1.52. The third-order valence-corrected chi connectivity index (χ3v) is 3.45. The highest BCUT2D eigenvalue weighted by atomic mass is 35.5. The maximum Gasteiger partial charge on any atom is 0.416 e. The molecule has 1 nitrogen and oxygen atoms in total. The van der Waals surface area contributed by atoms with Crippen LogP contribution in [-0.2, 0) is 12.7 Å². The van der Waals surface area contributed by atoms with Crippen LogP contribution in [0, 0.1) is 0 Å². The fraction of sp³-hybridized carbons (Fsp3) is 0.250. The molecule has 0 aliphatic rings. The van der Waals surface area contributed by atoms with Gasteiger partial charge in [-0.3, -0.25) is 0 Å². The molecule has 0 aromatic heterocycles. The standard InChI is InChI=1S/C16H15ClF3N/c1-11(13-5-3-7-15(17)9-13)21-10-12-4-2-6-14(8-12)16(18,19)20/h2-9,11,21H,10H2,1H3. The van der Waals surface area contributed by atoms with E-state index in [0.29, 0.717) is 17.1 Å². The highest BCUT2D eigenvalue weighted by Gasteiger charge is 2.30. The minimum absolute atomic E-state index is 0.00163. The maximum absolute atomic E-state index is 12.6. The SMILES string of the molecule is CC(NCc1cccc(C(F)(F)F)c1)c1cccc(Cl)c1. The fourth-order valence-electron chi connectivity index (χ4n) is 2.02. The van der Waals surface area contributed by atoms with Crippen molar-refractivity contribution < 1.29 is 13.2 Å². The first-order chi connectivity index (χ1) is 9.86. The van der Waals surface area contributed by atoms with Gasteiger partial charge in [-0.1, -0.05) is 41.9 Å². The molecule has 1 N–H and O–H groups in total. The Bertz CT molecular complexity index is 610. The molecule has 0 aliphatic heterocycles. The largest absolute Gasteiger partial charge is 0.416 e. The van der Waals surface area contributed by atoms with Crippen LogP contribution in [-0.4, -0.2) is 0 Å². The Labute approximate surface area is 126 Å². The minimum atomic E-state index is -4.31. The van der Waals surface area contributed by atoms with Crippen LogP contribution in [0.15, 0.2) is 48.5 Å². The van der Waals surface area contributed by atoms with E-state index < -0.39 is 11.7 Å². The molecule has 0 spiro atoms. The maximum atomic E-state index is 12.6. The monoisotopic (exact) mass is 313 g/mol. The van der Waals surface area contributed by atoms with E-state index in [4.69, 9.17) is 11.6 Å². The molecule has 0 amide bonds. The first-order valence-electron chi connectivity index (χ1n) is 6.51. The molecule has 1 atom stereocenters. The first-order valence-corrected chi connectivity index (χ1v) is 6.89. The van der Waals surface area contributed by atoms with Crippen LogP contribution in [0.3, 0.4) is 0 Å². The van der Waals surface area contributed by atoms with Gasteiger partial charge in [0.1, 0.15) is 0 Å². The van der Waals surface area contributed by atoms with Crippen molar-refractivity contribution in [3.8, 4) is 0 Å². The molecule has 21 heavy (non-hydrogen) atoms. The van der Waals surface area contributed by atoms with E-state index in [2.05, 4.69) is 5.32 Å². The summed E-state index contributed by atoms with van der Waals surface area (Å²) in [7, 11) is 0. The van der Waals surface area contributed by atoms with Crippen molar-refractivity contribution in [1.29, 1.82) is 0 Å². The van der Waals surface area contributed by atoms with Crippen molar-refractivity contribution in [1.82, 2.24) is 5.32 Å². The van der Waals surface area contributed by atoms with Crippen LogP contribution in [0.4, 0.5) is 13.2 Å². The average molecular weight is 314 g/mol. The fourth-order valence-corrected chi connectivity index (χ4v) is 2.22. The summed E-state index contributed by atoms with van der Waals surface area (Å²) in [5.74, 6) is 0. The van der Waals surface area contributed by atoms with E-state index in [9.17, 15) is 13.2 Å². The Balaban J connectivity index is 2.03. The summed E-state index contributed by atoms with van der Waals surface area (Å²) in [6.07, 6.45) is -4.31. The van der Waals surface area contributed by atoms with E-state index in [1.54, 1.807) is 12.1 Å². The number of rotatable bonds is 4. The first kappa shape index (κ1) is 15.9. The molecule has 2 rings (SSSR count). The molecular formula is C16H15ClF3N. The molecule has 0 radical (unpaired) electrons. The lowest BCUT2D eigenvalue weighted by Crippen LogP contribution is -2.18. The normalized spacial score (nSPS) is 13.2. The molecular weight excluding hydrogens is 299 g/mol. The van der Waals surface area contributed by atoms with Crippen molar-refractivity contribution >= 4 is 11.6 Å². The molecule has 2 aromatic rings. The van der Waals surface area contributed by atoms with E-state index >= 15 is 0 Å². The lowest BCUT2D eigenvalue weighted by atomic mass is 10.1. The summed E-state index contributed by atoms with van der Waals surface area (Å²) < 4.78 is 37.9. The molecule has 2 aromatic carbocycles. The van der Waals surface area contributed by atoms with Gasteiger partial charge >= 0.3 is 6.18 Å². The van der Waals surface area contributed by atoms with Crippen molar-refractivity contribution in [2.45, 2.75) is 25.7 Å². The minimum Gasteiger partial charge on any atom is -0.306 e. The second-order valence-corrected chi connectivity index (χ2v) is 5.29. The van der Waals surface area contributed by atoms with Crippen molar-refractivity contribution in [2.75, 3.05) is 0 Å². The van der Waals surface area contributed by atoms with Gasteiger partial charge in [-0.05, 0) is 36.2 Å². The quantitative estimate of drug-likeness (QED) is 0.817. The zero-order chi connectivity index (χ0) is 15.5. The summed E-state index contributed by atoms with van der Waals surface area (Å²) in [6, 6.07) is 12.7. The van der Waals surface area contributed by atoms with E-state index in [1.807, 2.05) is 25.1 Å². The van der Waals surface area contributed by atoms with Gasteiger partial charge < -0.3 is 5.32 Å². The number of hydrogen-bond donors (Lipinski definition) is 1. The van der Waals surface area contributed by atoms with Crippen molar-refractivity contribution in [3.63, 3.8) is 0 Å². The number of nitrogens with one attached hydrogen (secondary N) is 1. The van der Waals surface area contributed by atoms with Gasteiger partial charge in [0, 0.05) is 17.6 Å². The Morgan fingerprint density at radius 2 is 1.81 bits per heavy atom. The topological polar surface area (TPSA) is 12.0 Å². The lowest BCUT2D eigenvalue weighted by molar-refractivity contribution is -0.137. The molecule has 0 heterocycles. The third-order valence-electron chi connectivity index (χ3n) is 3.22. The van der Waals surface area contributed by atoms with Crippen LogP contribution in [0.1, 0.15) is 29.7 Å². The molecule has 0 aliphatic carbocycles. The number of hydrogen-bond acceptors (Lipinski definition) is 1. The number of halogens is 4. The highest BCUT2D eigenvalue weighted by Crippen LogP contribution is 2.29. The average Bonchev–Trinajstić information content (AvgIpc) is 2.44. The second kappa shape index (κ2) is 6.50. The molecule has 0 saturated heterocycles. The molecule has 5 heteroatoms. The van der Waals surface area contributed by atoms with E-state index in [1.165, 1.54) is 6.07 Å². The van der Waals surface area contributed by atoms with Crippen LogP contribution < -0.4 is 5.32 Å². The van der Waals surface area contributed by atoms with Crippen LogP contribution in [0.2, 0.25) is 5.02 Å². The predicted octanol–water partition coefficient (Wildman–Crippen LogP) is 5.21. The summed E-state index contributed by atoms with van der Waals surface area (Å²) in [5.41, 5.74) is 0.963. The van der Waals surface area contributed by atoms with Gasteiger partial charge in [-0.25, -0.2) is 0 Å². The summed E-state index contributed by atoms with van der Waals surface area (Å²) in [6.45, 7) is 2.30. The van der Waals surface area contributed by atoms with Gasteiger partial charge in [-0.15, -0.1) is 0 Å². The lowest BCUT2D eigenvalue weighted by Gasteiger charge is -2.15. The predicted molar refractivity (Wildman–Crippen MR) is 78.2 cm³/mol. The highest BCUT2D eigenvalue weighted by molar-refractivity contribution is 6.30. The van der Waals surface area contributed by atoms with Crippen LogP contribution in [0.25, 0.3) is 0 Å². The van der Waals surface area contributed by atoms with Crippen molar-refractivity contribution in [2.24, 2.45) is 0 Å². The molecule has 1 unspecified atom stereocenters. The molecule has 0 saturated carbocycles. The number of alkyl halides is 3. The summed E-state index contributed by atoms with van der Waals surface area (Å²) in [5, 5.41) is 3.83. The van der Waals surface area contributed by atoms with Crippen LogP contribution in [0.5, 0.6) is 0 Å². The second-order valence-electron chi connectivity index (χ2n) is 4.86. The van der Waals surface area contributed by atoms with Crippen LogP contribution >= 0.6 is 11.6 Å². The zero-order valence-electron chi connectivity index (χ0n) is 11.4. The molecule has 0 fully saturated rings. The van der Waals surface area contributed by atoms with Gasteiger partial charge in [0.2, 0.25) is 0 Å². The van der Waals surface area contributed by atoms with Gasteiger partial charge in [0.15, 0.2) is 0 Å². The van der Waals surface area contributed by atoms with Gasteiger partial charge in [0.05, 0.1) is 5.56 Å².